The van der Waals surface area contributed by atoms with Gasteiger partial charge in [-0.1, -0.05) is 12.2 Å². The zero-order valence-electron chi connectivity index (χ0n) is 8.28. The Morgan fingerprint density at radius 2 is 2.27 bits per heavy atom. The number of allylic oxidation sites excluding steroid dienone is 6. The van der Waals surface area contributed by atoms with Gasteiger partial charge in [0.15, 0.2) is 6.08 Å². The molecule has 2 heteroatoms. The summed E-state index contributed by atoms with van der Waals surface area (Å²) in [7, 11) is 0. The summed E-state index contributed by atoms with van der Waals surface area (Å²) in [6.45, 7) is 0. The highest BCUT2D eigenvalue weighted by atomic mass is 35.5. The largest absolute Gasteiger partial charge is 1.00 e. The molecule has 15 heavy (non-hydrogen) atoms. The summed E-state index contributed by atoms with van der Waals surface area (Å²) in [6.07, 6.45) is 19.5. The Morgan fingerprint density at radius 1 is 1.33 bits per heavy atom. The minimum Gasteiger partial charge on any atom is -1.00 e. The molecule has 2 aliphatic carbocycles. The molecule has 0 aromatic rings. The van der Waals surface area contributed by atoms with Crippen LogP contribution in [0.4, 0.5) is 0 Å². The minimum atomic E-state index is 0. The summed E-state index contributed by atoms with van der Waals surface area (Å²) < 4.78 is 0. The highest BCUT2D eigenvalue weighted by molar-refractivity contribution is 5.43. The Bertz CT molecular complexity index is 399. The van der Waals surface area contributed by atoms with E-state index < -0.39 is 0 Å². The van der Waals surface area contributed by atoms with E-state index in [1.165, 1.54) is 11.3 Å². The fourth-order valence-corrected chi connectivity index (χ4v) is 2.13. The zero-order valence-corrected chi connectivity index (χ0v) is 9.04. The first-order valence-corrected chi connectivity index (χ1v) is 5.04. The molecule has 0 amide bonds. The highest BCUT2D eigenvalue weighted by Gasteiger charge is 2.30. The molecule has 0 bridgehead atoms. The number of hydrogen-bond donors (Lipinski definition) is 1. The average Bonchev–Trinajstić information content (AvgIpc) is 2.26. The molecule has 0 spiro atoms. The third kappa shape index (κ3) is 1.77. The van der Waals surface area contributed by atoms with Crippen LogP contribution < -0.4 is 17.7 Å². The van der Waals surface area contributed by atoms with Gasteiger partial charge >= 0.3 is 0 Å². The van der Waals surface area contributed by atoms with Crippen LogP contribution in [0.25, 0.3) is 0 Å². The van der Waals surface area contributed by atoms with Gasteiger partial charge in [0.1, 0.15) is 5.92 Å². The summed E-state index contributed by atoms with van der Waals surface area (Å²) in [6, 6.07) is 0.404. The standard InChI is InChI=1S/C13H12N.ClH/c1-3-7-12-10(5-1)9-11-6-2-4-8-13(11)14-12;/h1-4,7-9,11,13-14H,5H2;1H/q+1;/p-1. The first-order chi connectivity index (χ1) is 6.93. The molecule has 1 N–H and O–H groups in total. The summed E-state index contributed by atoms with van der Waals surface area (Å²) in [5.74, 6) is 0.415. The first kappa shape index (κ1) is 10.2. The van der Waals surface area contributed by atoms with Crippen molar-refractivity contribution < 1.29 is 12.4 Å². The number of fused-ring (bicyclic) bond motifs is 2. The lowest BCUT2D eigenvalue weighted by Crippen LogP contribution is -3.00. The second kappa shape index (κ2) is 4.06. The van der Waals surface area contributed by atoms with Gasteiger partial charge in [-0.05, 0) is 24.1 Å². The van der Waals surface area contributed by atoms with Crippen LogP contribution in [-0.2, 0) is 0 Å². The lowest BCUT2D eigenvalue weighted by atomic mass is 9.86. The fraction of sp³-hybridized carbons (Fsp3) is 0.231. The molecule has 0 aromatic heterocycles. The highest BCUT2D eigenvalue weighted by Crippen LogP contribution is 2.28. The van der Waals surface area contributed by atoms with Crippen molar-refractivity contribution in [2.45, 2.75) is 12.5 Å². The predicted molar refractivity (Wildman–Crippen MR) is 57.3 cm³/mol. The van der Waals surface area contributed by atoms with E-state index in [4.69, 9.17) is 0 Å². The van der Waals surface area contributed by atoms with Crippen LogP contribution in [0.5, 0.6) is 0 Å². The second-order valence-electron chi connectivity index (χ2n) is 3.82. The number of halogens is 1. The fourth-order valence-electron chi connectivity index (χ4n) is 2.13. The van der Waals surface area contributed by atoms with Crippen LogP contribution in [0.3, 0.4) is 0 Å². The smallest absolute Gasteiger partial charge is 0.155 e. The monoisotopic (exact) mass is 217 g/mol. The van der Waals surface area contributed by atoms with Crippen LogP contribution >= 0.6 is 0 Å². The third-order valence-corrected chi connectivity index (χ3v) is 2.88. The van der Waals surface area contributed by atoms with Gasteiger partial charge in [0, 0.05) is 11.8 Å². The van der Waals surface area contributed by atoms with Gasteiger partial charge in [0.25, 0.3) is 0 Å². The predicted octanol–water partition coefficient (Wildman–Crippen LogP) is -0.722. The maximum atomic E-state index is 3.53. The van der Waals surface area contributed by atoms with E-state index in [0.29, 0.717) is 12.0 Å². The van der Waals surface area contributed by atoms with Crippen molar-refractivity contribution in [3.63, 3.8) is 0 Å². The second-order valence-corrected chi connectivity index (χ2v) is 3.82. The van der Waals surface area contributed by atoms with Crippen LogP contribution in [0.2, 0.25) is 0 Å². The molecule has 0 saturated heterocycles. The molecule has 0 radical (unpaired) electrons. The van der Waals surface area contributed by atoms with Crippen molar-refractivity contribution in [3.8, 4) is 0 Å². The maximum Gasteiger partial charge on any atom is 0.155 e. The molecule has 1 aliphatic heterocycles. The van der Waals surface area contributed by atoms with Gasteiger partial charge in [-0.2, -0.15) is 0 Å². The SMILES string of the molecule is [C+]1=CC=CC2NC3=CC=CCC3=CC12.[Cl-]. The Morgan fingerprint density at radius 3 is 3.20 bits per heavy atom. The van der Waals surface area contributed by atoms with E-state index in [9.17, 15) is 0 Å². The van der Waals surface area contributed by atoms with Crippen LogP contribution in [-0.4, -0.2) is 6.04 Å². The van der Waals surface area contributed by atoms with Crippen LogP contribution in [0, 0.1) is 12.0 Å². The van der Waals surface area contributed by atoms with Crippen LogP contribution in [0.1, 0.15) is 6.42 Å². The summed E-state index contributed by atoms with van der Waals surface area (Å²) >= 11 is 0. The van der Waals surface area contributed by atoms with Gasteiger partial charge in [0.2, 0.25) is 0 Å². The molecule has 0 aromatic carbocycles. The van der Waals surface area contributed by atoms with Gasteiger partial charge in [0.05, 0.1) is 18.2 Å². The van der Waals surface area contributed by atoms with Gasteiger partial charge in [-0.3, -0.25) is 0 Å². The molecule has 3 rings (SSSR count). The average molecular weight is 218 g/mol. The first-order valence-electron chi connectivity index (χ1n) is 5.04. The minimum absolute atomic E-state index is 0. The lowest BCUT2D eigenvalue weighted by Gasteiger charge is -2.28. The molecule has 2 unspecified atom stereocenters. The van der Waals surface area contributed by atoms with Crippen molar-refractivity contribution in [2.75, 3.05) is 0 Å². The Balaban J connectivity index is 0.000000853. The molecule has 0 saturated carbocycles. The van der Waals surface area contributed by atoms with Gasteiger partial charge in [-0.15, -0.1) is 0 Å². The molecule has 1 heterocycles. The molecular weight excluding hydrogens is 206 g/mol. The normalized spacial score (nSPS) is 29.9. The van der Waals surface area contributed by atoms with E-state index >= 15 is 0 Å². The summed E-state index contributed by atoms with van der Waals surface area (Å²) in [4.78, 5) is 0. The van der Waals surface area contributed by atoms with Gasteiger partial charge in [-0.25, -0.2) is 0 Å². The van der Waals surface area contributed by atoms with Crippen LogP contribution in [0.15, 0.2) is 53.8 Å². The Hall–Kier alpha value is -1.30. The van der Waals surface area contributed by atoms with E-state index in [1.54, 1.807) is 0 Å². The van der Waals surface area contributed by atoms with E-state index in [1.807, 2.05) is 6.08 Å². The molecule has 0 fully saturated rings. The number of hydrogen-bond acceptors (Lipinski definition) is 1. The quantitative estimate of drug-likeness (QED) is 0.528. The number of nitrogens with one attached hydrogen (secondary N) is 1. The zero-order chi connectivity index (χ0) is 9.38. The summed E-state index contributed by atoms with van der Waals surface area (Å²) in [5, 5.41) is 3.53. The molecule has 76 valence electrons. The molecular formula is C13H12ClN. The summed E-state index contributed by atoms with van der Waals surface area (Å²) in [5.41, 5.74) is 2.69. The molecule has 3 aliphatic rings. The van der Waals surface area contributed by atoms with Crippen molar-refractivity contribution in [2.24, 2.45) is 5.92 Å². The maximum absolute atomic E-state index is 3.53. The van der Waals surface area contributed by atoms with Gasteiger partial charge < -0.3 is 17.7 Å². The van der Waals surface area contributed by atoms with Crippen molar-refractivity contribution in [1.82, 2.24) is 5.32 Å². The van der Waals surface area contributed by atoms with E-state index in [-0.39, 0.29) is 12.4 Å². The lowest BCUT2D eigenvalue weighted by molar-refractivity contribution is -0.00000274. The Labute approximate surface area is 96.4 Å². The molecule has 1 nitrogen and oxygen atoms in total. The Kier molecular flexibility index (Phi) is 2.77. The number of rotatable bonds is 0. The topological polar surface area (TPSA) is 12.0 Å². The van der Waals surface area contributed by atoms with E-state index in [2.05, 4.69) is 47.8 Å². The van der Waals surface area contributed by atoms with Crippen molar-refractivity contribution >= 4 is 0 Å². The van der Waals surface area contributed by atoms with E-state index in [0.717, 1.165) is 6.42 Å². The third-order valence-electron chi connectivity index (χ3n) is 2.88. The van der Waals surface area contributed by atoms with Crippen molar-refractivity contribution in [1.29, 1.82) is 0 Å². The molecule has 2 atom stereocenters. The van der Waals surface area contributed by atoms with Crippen molar-refractivity contribution in [3.05, 3.63) is 59.9 Å².